The Balaban J connectivity index is 2.16. The minimum absolute atomic E-state index is 0.245. The van der Waals surface area contributed by atoms with Gasteiger partial charge in [-0.05, 0) is 41.1 Å². The molecule has 0 spiro atoms. The number of halogens is 1. The monoisotopic (exact) mass is 394 g/mol. The normalized spacial score (nSPS) is 10.2. The molecule has 0 aliphatic heterocycles. The molecule has 0 saturated carbocycles. The average molecular weight is 395 g/mol. The van der Waals surface area contributed by atoms with Crippen LogP contribution in [0.15, 0.2) is 34.9 Å². The number of nitrogens with zero attached hydrogens (tertiary/aromatic N) is 1. The molecule has 7 heteroatoms. The summed E-state index contributed by atoms with van der Waals surface area (Å²) in [5.41, 5.74) is 1.25. The van der Waals surface area contributed by atoms with E-state index >= 15 is 0 Å². The molecule has 0 atom stereocenters. The fraction of sp³-hybridized carbons (Fsp3) is 0.294. The van der Waals surface area contributed by atoms with Crippen molar-refractivity contribution in [2.24, 2.45) is 0 Å². The number of amides is 1. The van der Waals surface area contributed by atoms with Crippen LogP contribution >= 0.6 is 15.9 Å². The first-order valence-electron chi connectivity index (χ1n) is 7.37. The molecule has 6 nitrogen and oxygen atoms in total. The van der Waals surface area contributed by atoms with Crippen LogP contribution in [0.4, 0.5) is 0 Å². The lowest BCUT2D eigenvalue weighted by atomic mass is 10.1. The van der Waals surface area contributed by atoms with Gasteiger partial charge < -0.3 is 19.5 Å². The fourth-order valence-corrected chi connectivity index (χ4v) is 2.66. The number of hydrogen-bond donors (Lipinski definition) is 1. The van der Waals surface area contributed by atoms with Gasteiger partial charge in [0.15, 0.2) is 0 Å². The number of methoxy groups -OCH3 is 2. The van der Waals surface area contributed by atoms with Crippen LogP contribution in [-0.2, 0) is 6.54 Å². The predicted molar refractivity (Wildman–Crippen MR) is 93.8 cm³/mol. The molecule has 128 valence electrons. The van der Waals surface area contributed by atoms with Crippen LogP contribution in [0.2, 0.25) is 0 Å². The lowest BCUT2D eigenvalue weighted by molar-refractivity contribution is 0.0950. The molecule has 0 aliphatic rings. The van der Waals surface area contributed by atoms with Crippen molar-refractivity contribution in [2.75, 3.05) is 20.8 Å². The number of pyridine rings is 1. The van der Waals surface area contributed by atoms with Crippen LogP contribution in [0.25, 0.3) is 0 Å². The highest BCUT2D eigenvalue weighted by atomic mass is 79.9. The van der Waals surface area contributed by atoms with Crippen LogP contribution in [0.3, 0.4) is 0 Å². The fourth-order valence-electron chi connectivity index (χ4n) is 2.10. The van der Waals surface area contributed by atoms with E-state index in [1.807, 2.05) is 13.0 Å². The highest BCUT2D eigenvalue weighted by Crippen LogP contribution is 2.35. The Hall–Kier alpha value is -2.28. The number of aromatic nitrogens is 1. The summed E-state index contributed by atoms with van der Waals surface area (Å²) in [7, 11) is 3.07. The van der Waals surface area contributed by atoms with Crippen LogP contribution in [0.1, 0.15) is 22.8 Å². The molecule has 0 fully saturated rings. The summed E-state index contributed by atoms with van der Waals surface area (Å²) in [5.74, 6) is 1.32. The van der Waals surface area contributed by atoms with Crippen molar-refractivity contribution < 1.29 is 19.0 Å². The highest BCUT2D eigenvalue weighted by molar-refractivity contribution is 9.10. The second kappa shape index (κ2) is 8.54. The van der Waals surface area contributed by atoms with Gasteiger partial charge >= 0.3 is 0 Å². The van der Waals surface area contributed by atoms with E-state index in [-0.39, 0.29) is 5.91 Å². The third-order valence-corrected chi connectivity index (χ3v) is 4.06. The Bertz CT molecular complexity index is 696. The summed E-state index contributed by atoms with van der Waals surface area (Å²) < 4.78 is 16.6. The number of rotatable bonds is 7. The molecule has 2 aromatic rings. The van der Waals surface area contributed by atoms with E-state index in [1.54, 1.807) is 24.4 Å². The molecule has 2 rings (SSSR count). The van der Waals surface area contributed by atoms with Gasteiger partial charge in [-0.1, -0.05) is 6.07 Å². The minimum atomic E-state index is -0.245. The summed E-state index contributed by atoms with van der Waals surface area (Å²) >= 11 is 3.38. The molecule has 0 saturated heterocycles. The Morgan fingerprint density at radius 1 is 1.25 bits per heavy atom. The number of nitrogens with one attached hydrogen (secondary N) is 1. The largest absolute Gasteiger partial charge is 0.495 e. The number of hydrogen-bond acceptors (Lipinski definition) is 5. The molecule has 1 amide bonds. The van der Waals surface area contributed by atoms with E-state index in [1.165, 1.54) is 14.2 Å². The van der Waals surface area contributed by atoms with Crippen molar-refractivity contribution in [1.82, 2.24) is 10.3 Å². The van der Waals surface area contributed by atoms with Crippen molar-refractivity contribution in [3.05, 3.63) is 46.1 Å². The van der Waals surface area contributed by atoms with Crippen molar-refractivity contribution in [3.8, 4) is 17.4 Å². The summed E-state index contributed by atoms with van der Waals surface area (Å²) in [5, 5.41) is 2.85. The molecule has 24 heavy (non-hydrogen) atoms. The molecule has 0 unspecified atom stereocenters. The number of benzene rings is 1. The topological polar surface area (TPSA) is 69.7 Å². The lowest BCUT2D eigenvalue weighted by Gasteiger charge is -2.12. The van der Waals surface area contributed by atoms with Crippen LogP contribution < -0.4 is 19.5 Å². The quantitative estimate of drug-likeness (QED) is 0.780. The molecular formula is C17H19BrN2O4. The van der Waals surface area contributed by atoms with Crippen molar-refractivity contribution in [2.45, 2.75) is 13.5 Å². The smallest absolute Gasteiger partial charge is 0.251 e. The first-order valence-corrected chi connectivity index (χ1v) is 8.16. The van der Waals surface area contributed by atoms with E-state index in [2.05, 4.69) is 26.2 Å². The summed E-state index contributed by atoms with van der Waals surface area (Å²) in [6.45, 7) is 2.71. The Labute approximate surface area is 149 Å². The zero-order valence-electron chi connectivity index (χ0n) is 13.8. The van der Waals surface area contributed by atoms with Gasteiger partial charge in [0.2, 0.25) is 5.88 Å². The number of ether oxygens (including phenoxy) is 3. The first kappa shape index (κ1) is 18.1. The van der Waals surface area contributed by atoms with Gasteiger partial charge in [0.05, 0.1) is 20.8 Å². The molecule has 1 heterocycles. The summed E-state index contributed by atoms with van der Waals surface area (Å²) in [6, 6.07) is 6.96. The zero-order chi connectivity index (χ0) is 17.5. The van der Waals surface area contributed by atoms with Gasteiger partial charge in [0, 0.05) is 23.9 Å². The summed E-state index contributed by atoms with van der Waals surface area (Å²) in [4.78, 5) is 16.6. The van der Waals surface area contributed by atoms with E-state index in [9.17, 15) is 4.79 Å². The molecule has 0 aliphatic carbocycles. The van der Waals surface area contributed by atoms with Crippen molar-refractivity contribution >= 4 is 21.8 Å². The Kier molecular flexibility index (Phi) is 6.43. The summed E-state index contributed by atoms with van der Waals surface area (Å²) in [6.07, 6.45) is 1.65. The Morgan fingerprint density at radius 3 is 2.50 bits per heavy atom. The Morgan fingerprint density at radius 2 is 1.92 bits per heavy atom. The molecule has 0 radical (unpaired) electrons. The van der Waals surface area contributed by atoms with Gasteiger partial charge in [0.25, 0.3) is 5.91 Å². The van der Waals surface area contributed by atoms with Crippen LogP contribution in [0, 0.1) is 0 Å². The zero-order valence-corrected chi connectivity index (χ0v) is 15.3. The van der Waals surface area contributed by atoms with E-state index in [4.69, 9.17) is 14.2 Å². The van der Waals surface area contributed by atoms with Gasteiger partial charge in [-0.3, -0.25) is 4.79 Å². The SMILES string of the molecule is CCOc1ncccc1CNC(=O)c1cc(OC)c(Br)c(OC)c1. The standard InChI is InChI=1S/C17H19BrN2O4/c1-4-24-17-11(6-5-7-19-17)10-20-16(21)12-8-13(22-2)15(18)14(9-12)23-3/h5-9H,4,10H2,1-3H3,(H,20,21). The van der Waals surface area contributed by atoms with Gasteiger partial charge in [-0.15, -0.1) is 0 Å². The van der Waals surface area contributed by atoms with E-state index < -0.39 is 0 Å². The second-order valence-corrected chi connectivity index (χ2v) is 5.57. The van der Waals surface area contributed by atoms with Crippen LogP contribution in [0.5, 0.6) is 17.4 Å². The van der Waals surface area contributed by atoms with E-state index in [0.717, 1.165) is 5.56 Å². The van der Waals surface area contributed by atoms with Crippen molar-refractivity contribution in [1.29, 1.82) is 0 Å². The third kappa shape index (κ3) is 4.17. The van der Waals surface area contributed by atoms with Crippen LogP contribution in [-0.4, -0.2) is 31.7 Å². The van der Waals surface area contributed by atoms with Gasteiger partial charge in [-0.2, -0.15) is 0 Å². The number of carbonyl (C=O) groups excluding carboxylic acids is 1. The van der Waals surface area contributed by atoms with Crippen molar-refractivity contribution in [3.63, 3.8) is 0 Å². The van der Waals surface area contributed by atoms with Gasteiger partial charge in [-0.25, -0.2) is 4.98 Å². The maximum atomic E-state index is 12.4. The minimum Gasteiger partial charge on any atom is -0.495 e. The number of carbonyl (C=O) groups is 1. The lowest BCUT2D eigenvalue weighted by Crippen LogP contribution is -2.23. The molecule has 1 N–H and O–H groups in total. The predicted octanol–water partition coefficient (Wildman–Crippen LogP) is 3.19. The van der Waals surface area contributed by atoms with Gasteiger partial charge in [0.1, 0.15) is 16.0 Å². The molecule has 1 aromatic carbocycles. The molecule has 0 bridgehead atoms. The third-order valence-electron chi connectivity index (χ3n) is 3.28. The maximum absolute atomic E-state index is 12.4. The maximum Gasteiger partial charge on any atom is 0.251 e. The van der Waals surface area contributed by atoms with E-state index in [0.29, 0.717) is 40.6 Å². The first-order chi connectivity index (χ1) is 11.6. The molecular weight excluding hydrogens is 376 g/mol. The molecule has 1 aromatic heterocycles. The average Bonchev–Trinajstić information content (AvgIpc) is 2.61. The second-order valence-electron chi connectivity index (χ2n) is 4.78. The highest BCUT2D eigenvalue weighted by Gasteiger charge is 2.15.